The van der Waals surface area contributed by atoms with Crippen LogP contribution in [0.1, 0.15) is 27.1 Å². The number of nitrogens with zero attached hydrogens (tertiary/aromatic N) is 2. The van der Waals surface area contributed by atoms with Crippen molar-refractivity contribution < 1.29 is 9.53 Å². The molecule has 1 fully saturated rings. The molecule has 0 bridgehead atoms. The molecule has 1 amide bonds. The topological polar surface area (TPSA) is 55.6 Å². The molecule has 0 saturated carbocycles. The molecule has 3 rings (SSSR count). The zero-order valence-electron chi connectivity index (χ0n) is 15.2. The van der Waals surface area contributed by atoms with Crippen molar-refractivity contribution in [3.8, 4) is 5.75 Å². The fraction of sp³-hybridized carbons (Fsp3) is 0.368. The highest BCUT2D eigenvalue weighted by Crippen LogP contribution is 2.45. The summed E-state index contributed by atoms with van der Waals surface area (Å²) in [5.41, 5.74) is 7.05. The second-order valence-corrected chi connectivity index (χ2v) is 8.83. The van der Waals surface area contributed by atoms with E-state index in [2.05, 4.69) is 27.2 Å². The quantitative estimate of drug-likeness (QED) is 0.605. The fourth-order valence-corrected chi connectivity index (χ4v) is 5.50. The van der Waals surface area contributed by atoms with E-state index in [-0.39, 0.29) is 12.5 Å². The molecule has 1 aromatic heterocycles. The van der Waals surface area contributed by atoms with Crippen LogP contribution in [0.3, 0.4) is 0 Å². The number of aromatic nitrogens is 1. The first-order valence-corrected chi connectivity index (χ1v) is 10.5. The summed E-state index contributed by atoms with van der Waals surface area (Å²) in [4.78, 5) is 11.9. The monoisotopic (exact) mass is 389 g/mol. The third-order valence-corrected chi connectivity index (χ3v) is 7.46. The SMILES string of the molecule is Cc1cc(/C=N\NC(=O)COc2ccc(C3SCCS3)cc2)c(C)n1C. The molecule has 1 saturated heterocycles. The van der Waals surface area contributed by atoms with Crippen molar-refractivity contribution in [1.29, 1.82) is 0 Å². The predicted octanol–water partition coefficient (Wildman–Crippen LogP) is 3.65. The number of hydrogen-bond donors (Lipinski definition) is 1. The Hall–Kier alpha value is -1.86. The second kappa shape index (κ2) is 8.68. The molecule has 138 valence electrons. The number of carbonyl (C=O) groups is 1. The van der Waals surface area contributed by atoms with Crippen LogP contribution in [0.4, 0.5) is 0 Å². The maximum absolute atomic E-state index is 11.9. The van der Waals surface area contributed by atoms with E-state index in [1.54, 1.807) is 6.21 Å². The van der Waals surface area contributed by atoms with Crippen molar-refractivity contribution in [3.05, 3.63) is 52.8 Å². The van der Waals surface area contributed by atoms with E-state index in [9.17, 15) is 4.79 Å². The number of hydrazone groups is 1. The predicted molar refractivity (Wildman–Crippen MR) is 110 cm³/mol. The number of thioether (sulfide) groups is 2. The lowest BCUT2D eigenvalue weighted by Gasteiger charge is -2.10. The van der Waals surface area contributed by atoms with Gasteiger partial charge in [0.1, 0.15) is 5.75 Å². The normalized spacial score (nSPS) is 14.9. The smallest absolute Gasteiger partial charge is 0.277 e. The molecule has 1 aromatic carbocycles. The van der Waals surface area contributed by atoms with Gasteiger partial charge in [-0.3, -0.25) is 4.79 Å². The van der Waals surface area contributed by atoms with Crippen molar-refractivity contribution in [1.82, 2.24) is 9.99 Å². The summed E-state index contributed by atoms with van der Waals surface area (Å²) >= 11 is 3.94. The van der Waals surface area contributed by atoms with Crippen LogP contribution in [-0.4, -0.2) is 34.8 Å². The van der Waals surface area contributed by atoms with E-state index in [4.69, 9.17) is 4.74 Å². The van der Waals surface area contributed by atoms with Crippen molar-refractivity contribution in [2.24, 2.45) is 12.1 Å². The van der Waals surface area contributed by atoms with E-state index in [0.29, 0.717) is 10.3 Å². The molecule has 7 heteroatoms. The average molecular weight is 390 g/mol. The van der Waals surface area contributed by atoms with Crippen molar-refractivity contribution in [3.63, 3.8) is 0 Å². The molecule has 0 spiro atoms. The zero-order chi connectivity index (χ0) is 18.5. The minimum atomic E-state index is -0.280. The molecule has 5 nitrogen and oxygen atoms in total. The number of benzene rings is 1. The molecular weight excluding hydrogens is 366 g/mol. The maximum atomic E-state index is 11.9. The minimum Gasteiger partial charge on any atom is -0.484 e. The third kappa shape index (κ3) is 4.65. The van der Waals surface area contributed by atoms with E-state index in [1.807, 2.05) is 62.6 Å². The van der Waals surface area contributed by atoms with Crippen molar-refractivity contribution in [2.75, 3.05) is 18.1 Å². The highest BCUT2D eigenvalue weighted by molar-refractivity contribution is 8.19. The number of hydrogen-bond acceptors (Lipinski definition) is 5. The number of rotatable bonds is 6. The van der Waals surface area contributed by atoms with E-state index < -0.39 is 0 Å². The molecule has 2 aromatic rings. The minimum absolute atomic E-state index is 0.0591. The van der Waals surface area contributed by atoms with Crippen LogP contribution in [0.5, 0.6) is 5.75 Å². The van der Waals surface area contributed by atoms with Crippen LogP contribution in [0.15, 0.2) is 35.4 Å². The Morgan fingerprint density at radius 1 is 1.31 bits per heavy atom. The lowest BCUT2D eigenvalue weighted by Crippen LogP contribution is -2.24. The number of ether oxygens (including phenoxy) is 1. The van der Waals surface area contributed by atoms with Gasteiger partial charge >= 0.3 is 0 Å². The van der Waals surface area contributed by atoms with Gasteiger partial charge in [0.2, 0.25) is 0 Å². The zero-order valence-corrected chi connectivity index (χ0v) is 16.8. The number of carbonyl (C=O) groups excluding carboxylic acids is 1. The Morgan fingerprint density at radius 3 is 2.62 bits per heavy atom. The molecule has 0 unspecified atom stereocenters. The molecule has 26 heavy (non-hydrogen) atoms. The van der Waals surface area contributed by atoms with Gasteiger partial charge in [-0.15, -0.1) is 23.5 Å². The van der Waals surface area contributed by atoms with Gasteiger partial charge in [0, 0.05) is 35.5 Å². The fourth-order valence-electron chi connectivity index (χ4n) is 2.64. The van der Waals surface area contributed by atoms with Crippen LogP contribution in [0.2, 0.25) is 0 Å². The van der Waals surface area contributed by atoms with Gasteiger partial charge in [-0.1, -0.05) is 12.1 Å². The summed E-state index contributed by atoms with van der Waals surface area (Å²) in [6, 6.07) is 10.0. The summed E-state index contributed by atoms with van der Waals surface area (Å²) in [5, 5.41) is 4.01. The molecule has 0 aliphatic carbocycles. The van der Waals surface area contributed by atoms with Crippen LogP contribution < -0.4 is 10.2 Å². The van der Waals surface area contributed by atoms with Crippen LogP contribution in [0, 0.1) is 13.8 Å². The number of amides is 1. The highest BCUT2D eigenvalue weighted by atomic mass is 32.2. The van der Waals surface area contributed by atoms with Crippen molar-refractivity contribution in [2.45, 2.75) is 18.4 Å². The summed E-state index contributed by atoms with van der Waals surface area (Å²) in [7, 11) is 2.00. The van der Waals surface area contributed by atoms with Crippen LogP contribution in [0.25, 0.3) is 0 Å². The van der Waals surface area contributed by atoms with Crippen LogP contribution >= 0.6 is 23.5 Å². The Labute approximate surface area is 162 Å². The van der Waals surface area contributed by atoms with E-state index in [0.717, 1.165) is 17.0 Å². The van der Waals surface area contributed by atoms with Gasteiger partial charge in [-0.2, -0.15) is 5.10 Å². The first-order valence-electron chi connectivity index (χ1n) is 8.45. The average Bonchev–Trinajstić information content (AvgIpc) is 3.26. The van der Waals surface area contributed by atoms with Gasteiger partial charge in [0.05, 0.1) is 10.8 Å². The van der Waals surface area contributed by atoms with Crippen LogP contribution in [-0.2, 0) is 11.8 Å². The lowest BCUT2D eigenvalue weighted by molar-refractivity contribution is -0.123. The van der Waals surface area contributed by atoms with Crippen molar-refractivity contribution >= 4 is 35.6 Å². The third-order valence-electron chi connectivity index (χ3n) is 4.35. The number of nitrogens with one attached hydrogen (secondary N) is 1. The number of aryl methyl sites for hydroxylation is 1. The lowest BCUT2D eigenvalue weighted by atomic mass is 10.2. The molecular formula is C19H23N3O2S2. The standard InChI is InChI=1S/C19H23N3O2S2/c1-13-10-16(14(2)22(13)3)11-20-21-18(23)12-24-17-6-4-15(5-7-17)19-25-8-9-26-19/h4-7,10-11,19H,8-9,12H2,1-3H3,(H,21,23)/b20-11-. The molecule has 1 aliphatic heterocycles. The van der Waals surface area contributed by atoms with Gasteiger partial charge in [0.25, 0.3) is 5.91 Å². The molecule has 0 radical (unpaired) electrons. The molecule has 0 atom stereocenters. The molecule has 2 heterocycles. The summed E-state index contributed by atoms with van der Waals surface area (Å²) in [6.45, 7) is 3.99. The summed E-state index contributed by atoms with van der Waals surface area (Å²) in [5.74, 6) is 2.82. The maximum Gasteiger partial charge on any atom is 0.277 e. The Morgan fingerprint density at radius 2 is 2.00 bits per heavy atom. The summed E-state index contributed by atoms with van der Waals surface area (Å²) < 4.78 is 8.13. The first kappa shape index (κ1) is 18.9. The van der Waals surface area contributed by atoms with Gasteiger partial charge in [-0.05, 0) is 37.6 Å². The van der Waals surface area contributed by atoms with E-state index >= 15 is 0 Å². The Balaban J connectivity index is 1.46. The molecule has 1 N–H and O–H groups in total. The Bertz CT molecular complexity index is 794. The largest absolute Gasteiger partial charge is 0.484 e. The van der Waals surface area contributed by atoms with Gasteiger partial charge in [0.15, 0.2) is 6.61 Å². The first-order chi connectivity index (χ1) is 12.5. The van der Waals surface area contributed by atoms with Gasteiger partial charge in [-0.25, -0.2) is 5.43 Å². The second-order valence-electron chi connectivity index (χ2n) is 6.11. The highest BCUT2D eigenvalue weighted by Gasteiger charge is 2.17. The summed E-state index contributed by atoms with van der Waals surface area (Å²) in [6.07, 6.45) is 1.66. The van der Waals surface area contributed by atoms with Gasteiger partial charge < -0.3 is 9.30 Å². The Kier molecular flexibility index (Phi) is 6.32. The molecule has 1 aliphatic rings. The van der Waals surface area contributed by atoms with E-state index in [1.165, 1.54) is 17.1 Å².